The number of carbonyl (C=O) groups is 5. The van der Waals surface area contributed by atoms with Crippen molar-refractivity contribution < 1.29 is 28.7 Å². The molecule has 5 atom stereocenters. The minimum atomic E-state index is -1.07. The molecule has 8 rings (SSSR count). The quantitative estimate of drug-likeness (QED) is 0.210. The lowest BCUT2D eigenvalue weighted by Gasteiger charge is -2.55. The van der Waals surface area contributed by atoms with Crippen molar-refractivity contribution in [2.24, 2.45) is 40.9 Å². The van der Waals surface area contributed by atoms with Crippen molar-refractivity contribution in [3.63, 3.8) is 0 Å². The van der Waals surface area contributed by atoms with Crippen LogP contribution in [0.15, 0.2) is 49.6 Å². The van der Waals surface area contributed by atoms with Gasteiger partial charge in [-0.15, -0.1) is 13.2 Å². The molecule has 7 aliphatic rings. The Balaban J connectivity index is 1.12. The third-order valence-electron chi connectivity index (χ3n) is 13.1. The van der Waals surface area contributed by atoms with Gasteiger partial charge in [-0.1, -0.05) is 50.3 Å². The first-order valence-electron chi connectivity index (χ1n) is 18.6. The highest BCUT2D eigenvalue weighted by Gasteiger charge is 2.70. The number of likely N-dealkylation sites (tertiary alicyclic amines) is 1. The van der Waals surface area contributed by atoms with E-state index < -0.39 is 47.4 Å². The number of allylic oxidation sites excluding steroid dienone is 1. The highest BCUT2D eigenvalue weighted by Crippen LogP contribution is 2.65. The van der Waals surface area contributed by atoms with Gasteiger partial charge in [0.25, 0.3) is 5.91 Å². The fourth-order valence-corrected chi connectivity index (χ4v) is 10.9. The van der Waals surface area contributed by atoms with Gasteiger partial charge < -0.3 is 25.6 Å². The minimum Gasteiger partial charge on any atom is -0.443 e. The number of fused-ring (bicyclic) bond motifs is 2. The summed E-state index contributed by atoms with van der Waals surface area (Å²) in [4.78, 5) is 70.3. The van der Waals surface area contributed by atoms with Crippen LogP contribution in [0.1, 0.15) is 76.3 Å². The SMILES string of the molecule is C=CCCC(NC(=O)C1C2C(CN1C(=O)C(NC(=O)OC13CC4CC(CC(C4)C1)C3)C1Cc3ccccc3C1)C2(C)C)C(=O)C(=O)NCC=C. The van der Waals surface area contributed by atoms with E-state index in [1.165, 1.54) is 25.3 Å². The number of Topliss-reactive ketones (excluding diaryl/α,β-unsaturated/α-hetero) is 1. The van der Waals surface area contributed by atoms with Crippen molar-refractivity contribution >= 4 is 29.6 Å². The molecule has 1 aliphatic heterocycles. The van der Waals surface area contributed by atoms with Gasteiger partial charge in [0.15, 0.2) is 0 Å². The zero-order valence-corrected chi connectivity index (χ0v) is 29.5. The van der Waals surface area contributed by atoms with E-state index in [0.717, 1.165) is 30.4 Å². The molecule has 1 aromatic rings. The summed E-state index contributed by atoms with van der Waals surface area (Å²) in [6, 6.07) is 5.32. The topological polar surface area (TPSA) is 134 Å². The van der Waals surface area contributed by atoms with Gasteiger partial charge >= 0.3 is 6.09 Å². The Hall–Kier alpha value is -3.95. The molecule has 1 aromatic carbocycles. The Labute approximate surface area is 295 Å². The van der Waals surface area contributed by atoms with E-state index in [1.54, 1.807) is 11.0 Å². The van der Waals surface area contributed by atoms with Gasteiger partial charge in [-0.2, -0.15) is 0 Å². The number of carbonyl (C=O) groups excluding carboxylic acids is 5. The minimum absolute atomic E-state index is 0.0980. The highest BCUT2D eigenvalue weighted by molar-refractivity contribution is 6.38. The van der Waals surface area contributed by atoms with Crippen LogP contribution in [0.5, 0.6) is 0 Å². The molecule has 0 radical (unpaired) electrons. The van der Waals surface area contributed by atoms with Crippen LogP contribution in [-0.4, -0.2) is 71.3 Å². The molecule has 6 aliphatic carbocycles. The van der Waals surface area contributed by atoms with Crippen molar-refractivity contribution in [3.8, 4) is 0 Å². The van der Waals surface area contributed by atoms with Crippen molar-refractivity contribution in [3.05, 3.63) is 60.7 Å². The molecule has 268 valence electrons. The van der Waals surface area contributed by atoms with Crippen LogP contribution >= 0.6 is 0 Å². The van der Waals surface area contributed by atoms with Gasteiger partial charge in [-0.25, -0.2) is 4.79 Å². The lowest BCUT2D eigenvalue weighted by Crippen LogP contribution is -2.60. The predicted molar refractivity (Wildman–Crippen MR) is 187 cm³/mol. The number of alkyl carbamates (subject to hydrolysis) is 1. The third kappa shape index (κ3) is 6.39. The molecule has 3 N–H and O–H groups in total. The smallest absolute Gasteiger partial charge is 0.408 e. The van der Waals surface area contributed by atoms with E-state index in [4.69, 9.17) is 4.74 Å². The second-order valence-corrected chi connectivity index (χ2v) is 16.7. The molecule has 0 aromatic heterocycles. The molecule has 5 saturated carbocycles. The summed E-state index contributed by atoms with van der Waals surface area (Å²) >= 11 is 0. The van der Waals surface area contributed by atoms with Gasteiger partial charge in [0.05, 0.1) is 6.04 Å². The molecule has 0 spiro atoms. The summed E-state index contributed by atoms with van der Waals surface area (Å²) in [6.07, 6.45) is 10.8. The zero-order chi connectivity index (χ0) is 35.4. The number of benzene rings is 1. The Kier molecular flexibility index (Phi) is 9.18. The van der Waals surface area contributed by atoms with Gasteiger partial charge in [0.2, 0.25) is 17.6 Å². The zero-order valence-electron chi connectivity index (χ0n) is 29.5. The first kappa shape index (κ1) is 34.5. The molecule has 6 fully saturated rings. The summed E-state index contributed by atoms with van der Waals surface area (Å²) < 4.78 is 6.35. The molecule has 50 heavy (non-hydrogen) atoms. The van der Waals surface area contributed by atoms with Crippen molar-refractivity contribution in [1.82, 2.24) is 20.9 Å². The Bertz CT molecular complexity index is 1520. The first-order chi connectivity index (χ1) is 23.9. The number of ketones is 1. The number of rotatable bonds is 13. The van der Waals surface area contributed by atoms with Gasteiger partial charge in [0, 0.05) is 13.1 Å². The van der Waals surface area contributed by atoms with Crippen LogP contribution < -0.4 is 16.0 Å². The second kappa shape index (κ2) is 13.3. The first-order valence-corrected chi connectivity index (χ1v) is 18.6. The van der Waals surface area contributed by atoms with Crippen LogP contribution in [-0.2, 0) is 36.8 Å². The van der Waals surface area contributed by atoms with E-state index >= 15 is 0 Å². The number of nitrogens with zero attached hydrogens (tertiary/aromatic N) is 1. The van der Waals surface area contributed by atoms with Crippen LogP contribution in [0.3, 0.4) is 0 Å². The largest absolute Gasteiger partial charge is 0.443 e. The number of hydrogen-bond acceptors (Lipinski definition) is 6. The molecule has 10 nitrogen and oxygen atoms in total. The van der Waals surface area contributed by atoms with Crippen LogP contribution in [0.2, 0.25) is 0 Å². The second-order valence-electron chi connectivity index (χ2n) is 16.7. The van der Waals surface area contributed by atoms with Gasteiger partial charge in [-0.3, -0.25) is 19.2 Å². The average Bonchev–Trinajstić information content (AvgIpc) is 3.42. The molecule has 5 unspecified atom stereocenters. The molecule has 4 bridgehead atoms. The molecule has 4 amide bonds. The summed E-state index contributed by atoms with van der Waals surface area (Å²) in [7, 11) is 0. The monoisotopic (exact) mass is 684 g/mol. The standard InChI is InChI=1S/C40H52N4O6/c1-5-7-12-30(34(45)36(47)41-13-6-2)42-35(46)33-31-29(39(31,3)4)22-44(33)37(48)32(28-17-26-10-8-9-11-27(26)18-28)43-38(49)50-40-19-23-14-24(20-40)16-25(15-23)21-40/h5-6,8-11,23-25,28-33H,1-2,7,12-22H2,3-4H3,(H,41,47)(H,42,46)(H,43,49). The Morgan fingerprint density at radius 3 is 2.14 bits per heavy atom. The summed E-state index contributed by atoms with van der Waals surface area (Å²) in [5.74, 6) is -0.720. The van der Waals surface area contributed by atoms with E-state index in [1.807, 2.05) is 12.1 Å². The number of nitrogens with one attached hydrogen (secondary N) is 3. The van der Waals surface area contributed by atoms with Crippen LogP contribution in [0, 0.1) is 40.9 Å². The fourth-order valence-electron chi connectivity index (χ4n) is 10.9. The molecule has 10 heteroatoms. The normalized spacial score (nSPS) is 32.2. The predicted octanol–water partition coefficient (Wildman–Crippen LogP) is 4.27. The van der Waals surface area contributed by atoms with Crippen molar-refractivity contribution in [1.29, 1.82) is 0 Å². The van der Waals surface area contributed by atoms with Crippen molar-refractivity contribution in [2.45, 2.75) is 102 Å². The average molecular weight is 685 g/mol. The number of hydrogen-bond donors (Lipinski definition) is 3. The molecule has 1 saturated heterocycles. The van der Waals surface area contributed by atoms with Gasteiger partial charge in [-0.05, 0) is 116 Å². The third-order valence-corrected chi connectivity index (χ3v) is 13.1. The maximum Gasteiger partial charge on any atom is 0.408 e. The highest BCUT2D eigenvalue weighted by atomic mass is 16.6. The maximum atomic E-state index is 14.8. The number of piperidine rings is 1. The van der Waals surface area contributed by atoms with Crippen LogP contribution in [0.4, 0.5) is 4.79 Å². The van der Waals surface area contributed by atoms with E-state index in [-0.39, 0.29) is 42.0 Å². The number of ether oxygens (including phenoxy) is 1. The lowest BCUT2D eigenvalue weighted by atomic mass is 9.54. The lowest BCUT2D eigenvalue weighted by molar-refractivity contribution is -0.145. The van der Waals surface area contributed by atoms with Crippen molar-refractivity contribution in [2.75, 3.05) is 13.1 Å². The molecular formula is C40H52N4O6. The fraction of sp³-hybridized carbons (Fsp3) is 0.625. The number of amides is 4. The van der Waals surface area contributed by atoms with Crippen LogP contribution in [0.25, 0.3) is 0 Å². The Morgan fingerprint density at radius 2 is 1.56 bits per heavy atom. The molecular weight excluding hydrogens is 632 g/mol. The summed E-state index contributed by atoms with van der Waals surface area (Å²) in [5, 5.41) is 8.42. The van der Waals surface area contributed by atoms with E-state index in [9.17, 15) is 24.0 Å². The maximum absolute atomic E-state index is 14.8. The Morgan fingerprint density at radius 1 is 0.940 bits per heavy atom. The van der Waals surface area contributed by atoms with E-state index in [0.29, 0.717) is 43.6 Å². The van der Waals surface area contributed by atoms with Gasteiger partial charge in [0.1, 0.15) is 17.7 Å². The van der Waals surface area contributed by atoms with E-state index in [2.05, 4.69) is 55.1 Å². The summed E-state index contributed by atoms with van der Waals surface area (Å²) in [6.45, 7) is 12.0. The summed E-state index contributed by atoms with van der Waals surface area (Å²) in [5.41, 5.74) is 1.68. The molecule has 1 heterocycles.